The van der Waals surface area contributed by atoms with Crippen molar-refractivity contribution in [2.75, 3.05) is 20.3 Å². The molecule has 1 heterocycles. The van der Waals surface area contributed by atoms with Gasteiger partial charge in [-0.05, 0) is 12.8 Å². The average molecular weight is 172 g/mol. The van der Waals surface area contributed by atoms with Crippen LogP contribution in [0.3, 0.4) is 0 Å². The summed E-state index contributed by atoms with van der Waals surface area (Å²) in [7, 11) is 1.62. The Morgan fingerprint density at radius 2 is 2.42 bits per heavy atom. The molecule has 1 aliphatic heterocycles. The van der Waals surface area contributed by atoms with E-state index in [0.717, 1.165) is 6.42 Å². The summed E-state index contributed by atoms with van der Waals surface area (Å²) >= 11 is 0. The van der Waals surface area contributed by atoms with E-state index in [1.165, 1.54) is 0 Å². The summed E-state index contributed by atoms with van der Waals surface area (Å²) in [6, 6.07) is 0. The second kappa shape index (κ2) is 4.80. The molecule has 0 saturated carbocycles. The van der Waals surface area contributed by atoms with Gasteiger partial charge in [0, 0.05) is 7.11 Å². The molecule has 2 radical (unpaired) electrons. The van der Waals surface area contributed by atoms with Crippen LogP contribution in [0.25, 0.3) is 0 Å². The van der Waals surface area contributed by atoms with Crippen LogP contribution in [0.15, 0.2) is 0 Å². The molecule has 1 fully saturated rings. The fraction of sp³-hybridized carbons (Fsp3) is 0.889. The van der Waals surface area contributed by atoms with Gasteiger partial charge in [-0.1, -0.05) is 13.3 Å². The van der Waals surface area contributed by atoms with Gasteiger partial charge in [-0.3, -0.25) is 0 Å². The van der Waals surface area contributed by atoms with E-state index >= 15 is 0 Å². The van der Waals surface area contributed by atoms with E-state index in [9.17, 15) is 0 Å². The zero-order chi connectivity index (χ0) is 8.97. The van der Waals surface area contributed by atoms with Crippen molar-refractivity contribution >= 4 is 0 Å². The molecule has 70 valence electrons. The van der Waals surface area contributed by atoms with Crippen molar-refractivity contribution in [3.63, 3.8) is 0 Å². The summed E-state index contributed by atoms with van der Waals surface area (Å²) in [6.07, 6.45) is 0.723. The van der Waals surface area contributed by atoms with E-state index in [4.69, 9.17) is 21.1 Å². The van der Waals surface area contributed by atoms with Crippen molar-refractivity contribution < 1.29 is 14.2 Å². The van der Waals surface area contributed by atoms with Gasteiger partial charge < -0.3 is 14.2 Å². The van der Waals surface area contributed by atoms with Crippen molar-refractivity contribution in [2.45, 2.75) is 25.7 Å². The van der Waals surface area contributed by atoms with Crippen LogP contribution in [0.4, 0.5) is 0 Å². The van der Waals surface area contributed by atoms with Gasteiger partial charge in [-0.25, -0.2) is 0 Å². The first-order valence-electron chi connectivity index (χ1n) is 4.29. The molecular formula is C9H16O3. The lowest BCUT2D eigenvalue weighted by atomic mass is 10.0. The lowest BCUT2D eigenvalue weighted by molar-refractivity contribution is -0.101. The largest absolute Gasteiger partial charge is 0.379 e. The fourth-order valence-electron chi connectivity index (χ4n) is 1.19. The lowest BCUT2D eigenvalue weighted by Gasteiger charge is -2.15. The highest BCUT2D eigenvalue weighted by atomic mass is 16.7. The van der Waals surface area contributed by atoms with E-state index in [1.807, 2.05) is 6.92 Å². The smallest absolute Gasteiger partial charge is 0.181 e. The van der Waals surface area contributed by atoms with Crippen LogP contribution < -0.4 is 0 Å². The Balaban J connectivity index is 2.25. The maximum atomic E-state index is 5.79. The highest BCUT2D eigenvalue weighted by molar-refractivity contribution is 4.75. The predicted molar refractivity (Wildman–Crippen MR) is 44.6 cm³/mol. The first kappa shape index (κ1) is 9.96. The molecule has 0 aromatic rings. The van der Waals surface area contributed by atoms with Gasteiger partial charge in [-0.2, -0.15) is 0 Å². The summed E-state index contributed by atoms with van der Waals surface area (Å²) < 4.78 is 15.7. The van der Waals surface area contributed by atoms with Crippen molar-refractivity contribution in [1.82, 2.24) is 0 Å². The van der Waals surface area contributed by atoms with Crippen LogP contribution in [0, 0.1) is 12.8 Å². The number of rotatable bonds is 4. The lowest BCUT2D eigenvalue weighted by Crippen LogP contribution is -2.22. The third-order valence-corrected chi connectivity index (χ3v) is 2.02. The van der Waals surface area contributed by atoms with Gasteiger partial charge in [0.1, 0.15) is 0 Å². The minimum absolute atomic E-state index is 0.0372. The van der Waals surface area contributed by atoms with E-state index in [0.29, 0.717) is 13.2 Å². The summed E-state index contributed by atoms with van der Waals surface area (Å²) in [5, 5.41) is 0. The monoisotopic (exact) mass is 172 g/mol. The van der Waals surface area contributed by atoms with Crippen LogP contribution in [0.1, 0.15) is 13.3 Å². The Bertz CT molecular complexity index is 127. The molecule has 0 aromatic heterocycles. The standard InChI is InChI=1S/C9H16O3/c1-4-7(2)8-5-11-9(12-8)6-10-3/h2,7-9H,4-6H2,1,3H3. The van der Waals surface area contributed by atoms with Gasteiger partial charge in [0.2, 0.25) is 0 Å². The third-order valence-electron chi connectivity index (χ3n) is 2.02. The second-order valence-corrected chi connectivity index (χ2v) is 2.96. The molecule has 0 bridgehead atoms. The summed E-state index contributed by atoms with van der Waals surface area (Å²) in [5.41, 5.74) is 0. The second-order valence-electron chi connectivity index (χ2n) is 2.96. The number of ether oxygens (including phenoxy) is 3. The molecule has 1 aliphatic rings. The SMILES string of the molecule is [CH]C(CC)C1COC(COC)O1. The molecule has 0 aliphatic carbocycles. The van der Waals surface area contributed by atoms with E-state index < -0.39 is 0 Å². The van der Waals surface area contributed by atoms with Gasteiger partial charge in [-0.15, -0.1) is 0 Å². The zero-order valence-electron chi connectivity index (χ0n) is 7.66. The quantitative estimate of drug-likeness (QED) is 0.635. The Morgan fingerprint density at radius 3 is 3.00 bits per heavy atom. The average Bonchev–Trinajstić information content (AvgIpc) is 2.52. The van der Waals surface area contributed by atoms with E-state index in [2.05, 4.69) is 0 Å². The Labute approximate surface area is 74.0 Å². The normalized spacial score (nSPS) is 32.2. The van der Waals surface area contributed by atoms with Crippen LogP contribution >= 0.6 is 0 Å². The molecule has 12 heavy (non-hydrogen) atoms. The molecule has 1 rings (SSSR count). The number of hydrogen-bond donors (Lipinski definition) is 0. The Morgan fingerprint density at radius 1 is 1.67 bits per heavy atom. The maximum Gasteiger partial charge on any atom is 0.181 e. The molecular weight excluding hydrogens is 156 g/mol. The molecule has 0 aromatic carbocycles. The van der Waals surface area contributed by atoms with E-state index in [-0.39, 0.29) is 18.3 Å². The summed E-state index contributed by atoms with van der Waals surface area (Å²) in [4.78, 5) is 0. The van der Waals surface area contributed by atoms with Crippen LogP contribution in [0.5, 0.6) is 0 Å². The van der Waals surface area contributed by atoms with Crippen molar-refractivity contribution in [1.29, 1.82) is 0 Å². The maximum absolute atomic E-state index is 5.79. The summed E-state index contributed by atoms with van der Waals surface area (Å²) in [5.74, 6) is 0.0758. The predicted octanol–water partition coefficient (Wildman–Crippen LogP) is 1.11. The van der Waals surface area contributed by atoms with Crippen molar-refractivity contribution in [3.8, 4) is 0 Å². The minimum Gasteiger partial charge on any atom is -0.379 e. The molecule has 3 heteroatoms. The fourth-order valence-corrected chi connectivity index (χ4v) is 1.19. The molecule has 3 unspecified atom stereocenters. The van der Waals surface area contributed by atoms with Crippen LogP contribution in [0.2, 0.25) is 0 Å². The van der Waals surface area contributed by atoms with Crippen LogP contribution in [-0.4, -0.2) is 32.7 Å². The van der Waals surface area contributed by atoms with Gasteiger partial charge in [0.15, 0.2) is 6.29 Å². The molecule has 3 atom stereocenters. The molecule has 3 nitrogen and oxygen atoms in total. The van der Waals surface area contributed by atoms with Crippen molar-refractivity contribution in [2.24, 2.45) is 5.92 Å². The van der Waals surface area contributed by atoms with E-state index in [1.54, 1.807) is 7.11 Å². The zero-order valence-corrected chi connectivity index (χ0v) is 7.66. The first-order valence-corrected chi connectivity index (χ1v) is 4.29. The van der Waals surface area contributed by atoms with Crippen molar-refractivity contribution in [3.05, 3.63) is 6.92 Å². The molecule has 0 spiro atoms. The summed E-state index contributed by atoms with van der Waals surface area (Å²) in [6.45, 7) is 8.90. The molecule has 0 amide bonds. The minimum atomic E-state index is -0.224. The highest BCUT2D eigenvalue weighted by Gasteiger charge is 2.29. The number of hydrogen-bond acceptors (Lipinski definition) is 3. The Hall–Kier alpha value is -0.120. The Kier molecular flexibility index (Phi) is 3.98. The van der Waals surface area contributed by atoms with Gasteiger partial charge >= 0.3 is 0 Å². The first-order chi connectivity index (χ1) is 5.77. The topological polar surface area (TPSA) is 27.7 Å². The van der Waals surface area contributed by atoms with Gasteiger partial charge in [0.25, 0.3) is 0 Å². The third kappa shape index (κ3) is 2.44. The molecule has 0 N–H and O–H groups in total. The number of methoxy groups -OCH3 is 1. The molecule has 1 saturated heterocycles. The van der Waals surface area contributed by atoms with Crippen LogP contribution in [-0.2, 0) is 14.2 Å². The highest BCUT2D eigenvalue weighted by Crippen LogP contribution is 2.20. The van der Waals surface area contributed by atoms with Gasteiger partial charge in [0.05, 0.1) is 19.3 Å².